The van der Waals surface area contributed by atoms with Gasteiger partial charge in [-0.1, -0.05) is 84.5 Å². The van der Waals surface area contributed by atoms with Gasteiger partial charge in [0.1, 0.15) is 5.75 Å². The van der Waals surface area contributed by atoms with E-state index in [0.29, 0.717) is 12.5 Å². The van der Waals surface area contributed by atoms with Crippen molar-refractivity contribution in [2.45, 2.75) is 97.3 Å². The molecular formula is C27H42N2O2. The van der Waals surface area contributed by atoms with Gasteiger partial charge in [-0.2, -0.15) is 0 Å². The minimum atomic E-state index is 0.605. The van der Waals surface area contributed by atoms with Crippen LogP contribution < -0.4 is 9.47 Å². The van der Waals surface area contributed by atoms with Crippen LogP contribution in [0.15, 0.2) is 36.4 Å². The van der Waals surface area contributed by atoms with E-state index in [1.807, 2.05) is 36.4 Å². The normalized spacial score (nSPS) is 10.9. The van der Waals surface area contributed by atoms with Crippen molar-refractivity contribution in [3.8, 4) is 22.9 Å². The summed E-state index contributed by atoms with van der Waals surface area (Å²) < 4.78 is 11.6. The topological polar surface area (TPSA) is 44.2 Å². The molecular weight excluding hydrogens is 384 g/mol. The maximum atomic E-state index is 5.86. The Hall–Kier alpha value is -2.10. The molecule has 0 bridgehead atoms. The fourth-order valence-electron chi connectivity index (χ4n) is 3.58. The fraction of sp³-hybridized carbons (Fsp3) is 0.630. The van der Waals surface area contributed by atoms with Crippen molar-refractivity contribution in [1.82, 2.24) is 10.2 Å². The SMILES string of the molecule is CCCCCCCCCOc1ccc(-c2ccc(OCCCCCCCC)cc2)nn1. The van der Waals surface area contributed by atoms with Gasteiger partial charge in [0.15, 0.2) is 0 Å². The van der Waals surface area contributed by atoms with Gasteiger partial charge in [-0.05, 0) is 43.2 Å². The predicted molar refractivity (Wildman–Crippen MR) is 130 cm³/mol. The summed E-state index contributed by atoms with van der Waals surface area (Å²) in [5.74, 6) is 1.52. The van der Waals surface area contributed by atoms with Crippen molar-refractivity contribution in [2.24, 2.45) is 0 Å². The fourth-order valence-corrected chi connectivity index (χ4v) is 3.58. The van der Waals surface area contributed by atoms with Crippen molar-refractivity contribution in [3.63, 3.8) is 0 Å². The van der Waals surface area contributed by atoms with Crippen molar-refractivity contribution in [1.29, 1.82) is 0 Å². The third kappa shape index (κ3) is 11.2. The molecule has 0 amide bonds. The second-order valence-corrected chi connectivity index (χ2v) is 8.37. The van der Waals surface area contributed by atoms with Gasteiger partial charge < -0.3 is 9.47 Å². The zero-order valence-electron chi connectivity index (χ0n) is 19.8. The molecule has 0 atom stereocenters. The van der Waals surface area contributed by atoms with Crippen LogP contribution in [-0.4, -0.2) is 23.4 Å². The molecule has 0 saturated heterocycles. The third-order valence-corrected chi connectivity index (χ3v) is 5.55. The summed E-state index contributed by atoms with van der Waals surface area (Å²) in [5.41, 5.74) is 1.89. The van der Waals surface area contributed by atoms with E-state index in [1.165, 1.54) is 70.6 Å². The van der Waals surface area contributed by atoms with E-state index in [1.54, 1.807) is 0 Å². The first-order valence-electron chi connectivity index (χ1n) is 12.5. The maximum absolute atomic E-state index is 5.86. The van der Waals surface area contributed by atoms with E-state index in [4.69, 9.17) is 9.47 Å². The Labute approximate surface area is 189 Å². The first-order chi connectivity index (χ1) is 15.3. The zero-order valence-corrected chi connectivity index (χ0v) is 19.8. The molecule has 172 valence electrons. The van der Waals surface area contributed by atoms with Crippen LogP contribution >= 0.6 is 0 Å². The molecule has 4 nitrogen and oxygen atoms in total. The predicted octanol–water partition coefficient (Wildman–Crippen LogP) is 8.01. The van der Waals surface area contributed by atoms with E-state index < -0.39 is 0 Å². The molecule has 0 aliphatic heterocycles. The standard InChI is InChI=1S/C27H42N2O2/c1-3-5-7-9-11-13-15-23-31-27-21-20-26(28-29-27)24-16-18-25(19-17-24)30-22-14-12-10-8-6-4-2/h16-21H,3-15,22-23H2,1-2H3. The van der Waals surface area contributed by atoms with Gasteiger partial charge in [-0.3, -0.25) is 0 Å². The lowest BCUT2D eigenvalue weighted by molar-refractivity contribution is 0.290. The highest BCUT2D eigenvalue weighted by atomic mass is 16.5. The molecule has 4 heteroatoms. The molecule has 1 aromatic carbocycles. The third-order valence-electron chi connectivity index (χ3n) is 5.55. The smallest absolute Gasteiger partial charge is 0.233 e. The molecule has 1 heterocycles. The average Bonchev–Trinajstić information content (AvgIpc) is 2.81. The molecule has 31 heavy (non-hydrogen) atoms. The highest BCUT2D eigenvalue weighted by molar-refractivity contribution is 5.59. The van der Waals surface area contributed by atoms with E-state index in [2.05, 4.69) is 24.0 Å². The number of unbranched alkanes of at least 4 members (excludes halogenated alkanes) is 11. The molecule has 2 rings (SSSR count). The Balaban J connectivity index is 1.63. The molecule has 0 aliphatic rings. The van der Waals surface area contributed by atoms with Crippen molar-refractivity contribution in [2.75, 3.05) is 13.2 Å². The van der Waals surface area contributed by atoms with Crippen molar-refractivity contribution < 1.29 is 9.47 Å². The quantitative estimate of drug-likeness (QED) is 0.226. The van der Waals surface area contributed by atoms with Crippen LogP contribution in [0, 0.1) is 0 Å². The lowest BCUT2D eigenvalue weighted by Gasteiger charge is -2.08. The monoisotopic (exact) mass is 426 g/mol. The van der Waals surface area contributed by atoms with Crippen LogP contribution in [0.2, 0.25) is 0 Å². The molecule has 0 unspecified atom stereocenters. The number of ether oxygens (including phenoxy) is 2. The van der Waals surface area contributed by atoms with Gasteiger partial charge >= 0.3 is 0 Å². The number of hydrogen-bond donors (Lipinski definition) is 0. The summed E-state index contributed by atoms with van der Waals surface area (Å²) in [4.78, 5) is 0. The summed E-state index contributed by atoms with van der Waals surface area (Å²) in [6.07, 6.45) is 16.6. The lowest BCUT2D eigenvalue weighted by atomic mass is 10.1. The summed E-state index contributed by atoms with van der Waals surface area (Å²) in [5, 5.41) is 8.55. The lowest BCUT2D eigenvalue weighted by Crippen LogP contribution is -2.00. The molecule has 0 fully saturated rings. The van der Waals surface area contributed by atoms with Crippen LogP contribution in [0.1, 0.15) is 97.3 Å². The Bertz CT molecular complexity index is 671. The number of rotatable bonds is 18. The Morgan fingerprint density at radius 2 is 1.10 bits per heavy atom. The van der Waals surface area contributed by atoms with Crippen LogP contribution in [-0.2, 0) is 0 Å². The first kappa shape index (κ1) is 25.2. The summed E-state index contributed by atoms with van der Waals surface area (Å²) in [6, 6.07) is 12.0. The van der Waals surface area contributed by atoms with Gasteiger partial charge in [0, 0.05) is 11.6 Å². The minimum Gasteiger partial charge on any atom is -0.494 e. The van der Waals surface area contributed by atoms with E-state index >= 15 is 0 Å². The average molecular weight is 427 g/mol. The van der Waals surface area contributed by atoms with Crippen LogP contribution in [0.3, 0.4) is 0 Å². The molecule has 0 spiro atoms. The molecule has 0 N–H and O–H groups in total. The number of aromatic nitrogens is 2. The molecule has 0 saturated carbocycles. The Kier molecular flexibility index (Phi) is 13.5. The van der Waals surface area contributed by atoms with Crippen molar-refractivity contribution in [3.05, 3.63) is 36.4 Å². The highest BCUT2D eigenvalue weighted by Gasteiger charge is 2.03. The molecule has 2 aromatic rings. The van der Waals surface area contributed by atoms with Crippen LogP contribution in [0.4, 0.5) is 0 Å². The Morgan fingerprint density at radius 1 is 0.548 bits per heavy atom. The van der Waals surface area contributed by atoms with E-state index in [9.17, 15) is 0 Å². The van der Waals surface area contributed by atoms with E-state index in [0.717, 1.165) is 36.5 Å². The molecule has 0 radical (unpaired) electrons. The highest BCUT2D eigenvalue weighted by Crippen LogP contribution is 2.21. The Morgan fingerprint density at radius 3 is 1.65 bits per heavy atom. The van der Waals surface area contributed by atoms with Crippen molar-refractivity contribution >= 4 is 0 Å². The second-order valence-electron chi connectivity index (χ2n) is 8.37. The number of nitrogens with zero attached hydrogens (tertiary/aromatic N) is 2. The van der Waals surface area contributed by atoms with Gasteiger partial charge in [0.25, 0.3) is 0 Å². The number of hydrogen-bond acceptors (Lipinski definition) is 4. The molecule has 0 aliphatic carbocycles. The number of benzene rings is 1. The minimum absolute atomic E-state index is 0.605. The summed E-state index contributed by atoms with van der Waals surface area (Å²) in [7, 11) is 0. The van der Waals surface area contributed by atoms with E-state index in [-0.39, 0.29) is 0 Å². The zero-order chi connectivity index (χ0) is 22.0. The van der Waals surface area contributed by atoms with Gasteiger partial charge in [0.2, 0.25) is 5.88 Å². The van der Waals surface area contributed by atoms with Gasteiger partial charge in [0.05, 0.1) is 18.9 Å². The van der Waals surface area contributed by atoms with Gasteiger partial charge in [-0.15, -0.1) is 10.2 Å². The van der Waals surface area contributed by atoms with Crippen LogP contribution in [0.25, 0.3) is 11.3 Å². The first-order valence-corrected chi connectivity index (χ1v) is 12.5. The summed E-state index contributed by atoms with van der Waals surface area (Å²) >= 11 is 0. The second kappa shape index (κ2) is 16.6. The summed E-state index contributed by atoms with van der Waals surface area (Å²) in [6.45, 7) is 6.00. The van der Waals surface area contributed by atoms with Crippen LogP contribution in [0.5, 0.6) is 11.6 Å². The van der Waals surface area contributed by atoms with Gasteiger partial charge in [-0.25, -0.2) is 0 Å². The maximum Gasteiger partial charge on any atom is 0.233 e. The molecule has 1 aromatic heterocycles. The largest absolute Gasteiger partial charge is 0.494 e.